The number of allylic oxidation sites excluding steroid dienone is 4. The fourth-order valence-corrected chi connectivity index (χ4v) is 6.51. The monoisotopic (exact) mass is 522 g/mol. The average Bonchev–Trinajstić information content (AvgIpc) is 3.59. The number of nitrogens with zero attached hydrogens (tertiary/aromatic N) is 2. The van der Waals surface area contributed by atoms with Gasteiger partial charge in [0.25, 0.3) is 0 Å². The Labute approximate surface area is 232 Å². The van der Waals surface area contributed by atoms with Gasteiger partial charge >= 0.3 is 0 Å². The van der Waals surface area contributed by atoms with Crippen molar-refractivity contribution in [3.63, 3.8) is 0 Å². The number of fused-ring (bicyclic) bond motifs is 8. The lowest BCUT2D eigenvalue weighted by Gasteiger charge is -2.09. The van der Waals surface area contributed by atoms with Gasteiger partial charge in [-0.3, -0.25) is 0 Å². The topological polar surface area (TPSA) is 66.6 Å². The zero-order valence-electron chi connectivity index (χ0n) is 25.1. The summed E-state index contributed by atoms with van der Waals surface area (Å²) in [6.07, 6.45) is 3.74. The van der Waals surface area contributed by atoms with Crippen LogP contribution in [0, 0.1) is 13.8 Å². The van der Waals surface area contributed by atoms with Crippen molar-refractivity contribution in [2.24, 2.45) is 0 Å². The maximum atomic E-state index is 5.78. The highest BCUT2D eigenvalue weighted by molar-refractivity contribution is 5.97. The number of H-pyrrole nitrogens is 2. The largest absolute Gasteiger partial charge is 0.380 e. The fraction of sp³-hybridized carbons (Fsp3) is 0.412. The van der Waals surface area contributed by atoms with E-state index in [1.54, 1.807) is 7.11 Å². The van der Waals surface area contributed by atoms with Gasteiger partial charge in [0.15, 0.2) is 0 Å². The summed E-state index contributed by atoms with van der Waals surface area (Å²) < 4.78 is 5.78. The Morgan fingerprint density at radius 1 is 0.590 bits per heavy atom. The zero-order chi connectivity index (χ0) is 28.0. The average molecular weight is 523 g/mol. The van der Waals surface area contributed by atoms with Crippen LogP contribution in [0.25, 0.3) is 44.4 Å². The van der Waals surface area contributed by atoms with Crippen LogP contribution in [-0.4, -0.2) is 27.0 Å². The molecule has 0 radical (unpaired) electrons. The maximum absolute atomic E-state index is 5.78. The van der Waals surface area contributed by atoms with Crippen LogP contribution in [0.2, 0.25) is 0 Å². The molecule has 3 aromatic heterocycles. The highest BCUT2D eigenvalue weighted by Gasteiger charge is 2.25. The molecule has 0 amide bonds. The molecule has 0 aromatic carbocycles. The lowest BCUT2D eigenvalue weighted by atomic mass is 9.97. The van der Waals surface area contributed by atoms with Crippen LogP contribution in [0.4, 0.5) is 0 Å². The molecule has 2 aliphatic rings. The van der Waals surface area contributed by atoms with Crippen molar-refractivity contribution in [1.29, 1.82) is 0 Å². The molecular weight excluding hydrogens is 480 g/mol. The molecule has 5 heteroatoms. The van der Waals surface area contributed by atoms with Gasteiger partial charge in [-0.05, 0) is 116 Å². The zero-order valence-corrected chi connectivity index (χ0v) is 25.1. The minimum Gasteiger partial charge on any atom is -0.380 e. The normalized spacial score (nSPS) is 13.7. The number of hydrogen-bond acceptors (Lipinski definition) is 3. The van der Waals surface area contributed by atoms with Gasteiger partial charge in [0.1, 0.15) is 0 Å². The van der Waals surface area contributed by atoms with Gasteiger partial charge in [-0.25, -0.2) is 9.97 Å². The van der Waals surface area contributed by atoms with Crippen molar-refractivity contribution < 1.29 is 4.74 Å². The quantitative estimate of drug-likeness (QED) is 0.340. The molecule has 8 bridgehead atoms. The molecule has 0 atom stereocenters. The van der Waals surface area contributed by atoms with Gasteiger partial charge in [-0.2, -0.15) is 0 Å². The second-order valence-electron chi connectivity index (χ2n) is 10.8. The Kier molecular flexibility index (Phi) is 7.39. The van der Waals surface area contributed by atoms with Gasteiger partial charge in [0.2, 0.25) is 0 Å². The molecule has 0 spiro atoms. The van der Waals surface area contributed by atoms with Gasteiger partial charge in [0.05, 0.1) is 29.4 Å². The van der Waals surface area contributed by atoms with Gasteiger partial charge < -0.3 is 14.7 Å². The summed E-state index contributed by atoms with van der Waals surface area (Å²) in [7, 11) is 1.76. The van der Waals surface area contributed by atoms with Gasteiger partial charge in [-0.15, -0.1) is 0 Å². The Hall–Kier alpha value is -3.44. The first kappa shape index (κ1) is 27.1. The lowest BCUT2D eigenvalue weighted by Crippen LogP contribution is -2.00. The molecular formula is C34H42N4O. The third-order valence-electron chi connectivity index (χ3n) is 8.73. The summed E-state index contributed by atoms with van der Waals surface area (Å²) in [5.41, 5.74) is 20.0. The lowest BCUT2D eigenvalue weighted by molar-refractivity contribution is 0.184. The summed E-state index contributed by atoms with van der Waals surface area (Å²) in [5, 5.41) is 0. The molecule has 0 saturated heterocycles. The van der Waals surface area contributed by atoms with Gasteiger partial charge in [-0.1, -0.05) is 27.7 Å². The number of nitrogens with one attached hydrogen (secondary N) is 2. The number of ether oxygens (including phenoxy) is 1. The Bertz CT molecular complexity index is 1690. The van der Waals surface area contributed by atoms with E-state index >= 15 is 0 Å². The third-order valence-corrected chi connectivity index (χ3v) is 8.73. The van der Waals surface area contributed by atoms with E-state index < -0.39 is 0 Å². The van der Waals surface area contributed by atoms with Crippen LogP contribution in [0.5, 0.6) is 0 Å². The minimum atomic E-state index is 0.468. The third kappa shape index (κ3) is 4.37. The first-order valence-corrected chi connectivity index (χ1v) is 14.4. The van der Waals surface area contributed by atoms with Crippen molar-refractivity contribution in [3.05, 3.63) is 68.8 Å². The minimum absolute atomic E-state index is 0.468. The van der Waals surface area contributed by atoms with E-state index in [4.69, 9.17) is 14.7 Å². The predicted octanol–water partition coefficient (Wildman–Crippen LogP) is 8.88. The van der Waals surface area contributed by atoms with Crippen LogP contribution in [0.3, 0.4) is 0 Å². The molecule has 0 fully saturated rings. The maximum Gasteiger partial charge on any atom is 0.0755 e. The Morgan fingerprint density at radius 2 is 1.13 bits per heavy atom. The summed E-state index contributed by atoms with van der Waals surface area (Å²) in [5.74, 6) is 0. The molecule has 3 aromatic rings. The van der Waals surface area contributed by atoms with E-state index in [1.165, 1.54) is 50.1 Å². The molecule has 5 nitrogen and oxygen atoms in total. The van der Waals surface area contributed by atoms with Crippen LogP contribution >= 0.6 is 0 Å². The molecule has 0 saturated carbocycles. The van der Waals surface area contributed by atoms with E-state index in [2.05, 4.69) is 83.6 Å². The predicted molar refractivity (Wildman–Crippen MR) is 166 cm³/mol. The first-order chi connectivity index (χ1) is 18.8. The molecule has 0 unspecified atom stereocenters. The fourth-order valence-electron chi connectivity index (χ4n) is 6.51. The van der Waals surface area contributed by atoms with Crippen LogP contribution in [0.15, 0.2) is 18.2 Å². The summed E-state index contributed by atoms with van der Waals surface area (Å²) in [6.45, 7) is 18.2. The van der Waals surface area contributed by atoms with E-state index in [-0.39, 0.29) is 0 Å². The molecule has 2 N–H and O–H groups in total. The van der Waals surface area contributed by atoms with Crippen LogP contribution in [0.1, 0.15) is 105 Å². The Morgan fingerprint density at radius 3 is 1.69 bits per heavy atom. The van der Waals surface area contributed by atoms with Gasteiger partial charge in [0, 0.05) is 34.7 Å². The molecule has 39 heavy (non-hydrogen) atoms. The number of methoxy groups -OCH3 is 1. The number of aromatic nitrogens is 4. The number of aromatic amines is 2. The van der Waals surface area contributed by atoms with Crippen molar-refractivity contribution in [3.8, 4) is 0 Å². The molecule has 2 aliphatic heterocycles. The van der Waals surface area contributed by atoms with Crippen molar-refractivity contribution in [1.82, 2.24) is 19.9 Å². The summed E-state index contributed by atoms with van der Waals surface area (Å²) in [4.78, 5) is 18.1. The molecule has 0 aliphatic carbocycles. The molecule has 5 rings (SSSR count). The first-order valence-electron chi connectivity index (χ1n) is 14.4. The summed E-state index contributed by atoms with van der Waals surface area (Å²) in [6, 6.07) is 6.77. The second kappa shape index (κ2) is 10.6. The molecule has 204 valence electrons. The number of aryl methyl sites for hydroxylation is 4. The second-order valence-corrected chi connectivity index (χ2v) is 10.8. The van der Waals surface area contributed by atoms with Crippen LogP contribution < -0.4 is 0 Å². The highest BCUT2D eigenvalue weighted by atomic mass is 16.5. The Balaban J connectivity index is 2.05. The summed E-state index contributed by atoms with van der Waals surface area (Å²) >= 11 is 0. The van der Waals surface area contributed by atoms with Crippen molar-refractivity contribution in [2.45, 2.75) is 87.7 Å². The van der Waals surface area contributed by atoms with Crippen LogP contribution in [-0.2, 0) is 24.2 Å². The van der Waals surface area contributed by atoms with Crippen molar-refractivity contribution in [2.75, 3.05) is 7.11 Å². The highest BCUT2D eigenvalue weighted by Crippen LogP contribution is 2.40. The smallest absolute Gasteiger partial charge is 0.0755 e. The number of hydrogen-bond donors (Lipinski definition) is 2. The van der Waals surface area contributed by atoms with E-state index in [9.17, 15) is 0 Å². The standard InChI is InChI=1S/C34H42N4O/c1-10-22-19(6)28-15-32-24(12-3)21(8)33(38-32)26(17-39-9)34-25(13-4)20(7)29(37-34)16-31-23(11-2)18(5)27(35-31)14-30(22)36-28/h14-16,35-36H,10-13,17H2,1-9H3. The number of rotatable bonds is 6. The van der Waals surface area contributed by atoms with Crippen molar-refractivity contribution >= 4 is 44.4 Å². The molecule has 5 heterocycles. The van der Waals surface area contributed by atoms with E-state index in [0.717, 1.165) is 70.6 Å². The van der Waals surface area contributed by atoms with E-state index in [0.29, 0.717) is 6.61 Å². The SMILES string of the molecule is CCC1=C(C)c2nc1cc1[nH]c(cc3[nH]c(cc4nc(c2COC)C(CC)=C4C)c(CC)c3C)c(CC)c1C. The van der Waals surface area contributed by atoms with E-state index in [1.807, 2.05) is 0 Å².